The van der Waals surface area contributed by atoms with Crippen molar-refractivity contribution in [1.29, 1.82) is 0 Å². The number of phosphoric ester groups is 2. The Morgan fingerprint density at radius 3 is 0.927 bits per heavy atom. The van der Waals surface area contributed by atoms with Gasteiger partial charge in [-0.2, -0.15) is 0 Å². The molecule has 0 radical (unpaired) electrons. The molecule has 0 saturated heterocycles. The minimum atomic E-state index is -4.99. The number of aliphatic hydroxyl groups is 1. The van der Waals surface area contributed by atoms with E-state index in [0.717, 1.165) is 116 Å². The van der Waals surface area contributed by atoms with Crippen molar-refractivity contribution in [2.75, 3.05) is 39.6 Å². The topological polar surface area (TPSA) is 237 Å². The molecule has 5 atom stereocenters. The molecule has 0 fully saturated rings. The Morgan fingerprint density at radius 1 is 0.312 bits per heavy atom. The van der Waals surface area contributed by atoms with Gasteiger partial charge in [-0.3, -0.25) is 37.3 Å². The number of phosphoric acid groups is 2. The maximum Gasteiger partial charge on any atom is 0.472 e. The molecule has 0 aliphatic heterocycles. The fraction of sp³-hybridized carbons (Fsp3) is 0.792. The van der Waals surface area contributed by atoms with Crippen molar-refractivity contribution in [2.24, 2.45) is 0 Å². The van der Waals surface area contributed by atoms with E-state index in [1.165, 1.54) is 141 Å². The van der Waals surface area contributed by atoms with Crippen molar-refractivity contribution < 1.29 is 80.2 Å². The lowest BCUT2D eigenvalue weighted by molar-refractivity contribution is -0.161. The van der Waals surface area contributed by atoms with Crippen LogP contribution < -0.4 is 0 Å². The van der Waals surface area contributed by atoms with Gasteiger partial charge in [0.05, 0.1) is 32.8 Å². The van der Waals surface area contributed by atoms with Gasteiger partial charge in [0.25, 0.3) is 0 Å². The molecule has 0 amide bonds. The van der Waals surface area contributed by atoms with Crippen LogP contribution in [0.1, 0.15) is 336 Å². The fourth-order valence-corrected chi connectivity index (χ4v) is 12.0. The monoisotopic (exact) mass is 1400 g/mol. The van der Waals surface area contributed by atoms with Crippen LogP contribution in [-0.4, -0.2) is 96.7 Å². The molecule has 0 aromatic heterocycles. The molecule has 0 heterocycles. The van der Waals surface area contributed by atoms with E-state index in [1.54, 1.807) is 6.08 Å². The van der Waals surface area contributed by atoms with Gasteiger partial charge in [-0.15, -0.1) is 0 Å². The summed E-state index contributed by atoms with van der Waals surface area (Å²) in [7, 11) is -9.96. The third-order valence-corrected chi connectivity index (χ3v) is 18.1. The van der Waals surface area contributed by atoms with E-state index in [1.807, 2.05) is 18.2 Å². The van der Waals surface area contributed by atoms with Crippen molar-refractivity contribution in [1.82, 2.24) is 0 Å². The van der Waals surface area contributed by atoms with E-state index < -0.39 is 97.5 Å². The summed E-state index contributed by atoms with van der Waals surface area (Å²) in [5.74, 6) is -2.30. The molecule has 0 rings (SSSR count). The van der Waals surface area contributed by atoms with E-state index in [4.69, 9.17) is 37.0 Å². The molecule has 3 N–H and O–H groups in total. The summed E-state index contributed by atoms with van der Waals surface area (Å²) >= 11 is 0. The molecule has 17 nitrogen and oxygen atoms in total. The number of ether oxygens (including phenoxy) is 4. The van der Waals surface area contributed by atoms with E-state index >= 15 is 0 Å². The molecule has 0 aliphatic carbocycles. The molecule has 0 aromatic rings. The Labute approximate surface area is 583 Å². The second kappa shape index (κ2) is 70.0. The number of hydrogen-bond donors (Lipinski definition) is 3. The molecule has 0 spiro atoms. The Hall–Kier alpha value is -3.50. The number of hydrogen-bond acceptors (Lipinski definition) is 15. The summed E-state index contributed by atoms with van der Waals surface area (Å²) in [4.78, 5) is 72.7. The first-order valence-electron chi connectivity index (χ1n) is 38.2. The van der Waals surface area contributed by atoms with Crippen LogP contribution in [0.4, 0.5) is 0 Å². The van der Waals surface area contributed by atoms with Crippen LogP contribution in [0.2, 0.25) is 0 Å². The van der Waals surface area contributed by atoms with Crippen LogP contribution in [-0.2, 0) is 65.4 Å². The van der Waals surface area contributed by atoms with Crippen LogP contribution in [0.15, 0.2) is 72.9 Å². The third kappa shape index (κ3) is 69.0. The second-order valence-electron chi connectivity index (χ2n) is 25.6. The Bertz CT molecular complexity index is 2110. The number of carbonyl (C=O) groups is 4. The van der Waals surface area contributed by atoms with Crippen LogP contribution in [0.3, 0.4) is 0 Å². The zero-order chi connectivity index (χ0) is 70.4. The van der Waals surface area contributed by atoms with Crippen molar-refractivity contribution in [3.63, 3.8) is 0 Å². The highest BCUT2D eigenvalue weighted by molar-refractivity contribution is 7.47. The van der Waals surface area contributed by atoms with Gasteiger partial charge in [0.1, 0.15) is 19.3 Å². The van der Waals surface area contributed by atoms with E-state index in [0.29, 0.717) is 25.7 Å². The minimum Gasteiger partial charge on any atom is -0.462 e. The van der Waals surface area contributed by atoms with Gasteiger partial charge < -0.3 is 33.8 Å². The number of aliphatic hydroxyl groups excluding tert-OH is 1. The molecule has 5 unspecified atom stereocenters. The average Bonchev–Trinajstić information content (AvgIpc) is 1.36. The smallest absolute Gasteiger partial charge is 0.462 e. The van der Waals surface area contributed by atoms with Crippen LogP contribution >= 0.6 is 15.6 Å². The van der Waals surface area contributed by atoms with Crippen molar-refractivity contribution in [3.05, 3.63) is 72.9 Å². The highest BCUT2D eigenvalue weighted by Gasteiger charge is 2.30. The zero-order valence-corrected chi connectivity index (χ0v) is 62.6. The maximum absolute atomic E-state index is 13.1. The standard InChI is InChI=1S/C77H138O17P2/c1-5-9-13-17-21-25-29-33-35-39-42-46-50-54-58-62-75(80)88-68-73(94-77(82)64-60-56-52-48-44-40-36-34-30-26-22-18-14-10-6-2)70-92-96(85,86)90-66-71(78)65-89-95(83,84)91-69-72(93-76(81)63-59-55-51-47-43-38-32-28-24-20-16-12-8-4)67-87-74(79)61-57-53-49-45-41-37-31-27-23-19-15-11-7-3/h9,13,21,25,27,31,33,35,42,46,54,58,71-73,78H,5-8,10-12,14-20,22-24,26,28-30,32,34,36-41,43-45,47-53,55-57,59-70H2,1-4H3,(H,83,84)(H,85,86)/b13-9-,25-21-,31-27-,35-33-,46-42-,58-54-. The third-order valence-electron chi connectivity index (χ3n) is 16.2. The molecule has 0 bridgehead atoms. The number of unbranched alkanes of at least 4 members (excludes halogenated alkanes) is 35. The summed E-state index contributed by atoms with van der Waals surface area (Å²) in [5.41, 5.74) is 0. The van der Waals surface area contributed by atoms with Crippen molar-refractivity contribution in [2.45, 2.75) is 354 Å². The van der Waals surface area contributed by atoms with Gasteiger partial charge in [0.2, 0.25) is 0 Å². The summed E-state index contributed by atoms with van der Waals surface area (Å²) < 4.78 is 68.3. The predicted octanol–water partition coefficient (Wildman–Crippen LogP) is 21.7. The molecule has 558 valence electrons. The lowest BCUT2D eigenvalue weighted by Gasteiger charge is -2.21. The largest absolute Gasteiger partial charge is 0.472 e. The predicted molar refractivity (Wildman–Crippen MR) is 390 cm³/mol. The van der Waals surface area contributed by atoms with Crippen LogP contribution in [0.25, 0.3) is 0 Å². The second-order valence-corrected chi connectivity index (χ2v) is 28.5. The number of carbonyl (C=O) groups excluding carboxylic acids is 4. The van der Waals surface area contributed by atoms with Gasteiger partial charge in [-0.25, -0.2) is 9.13 Å². The number of esters is 4. The highest BCUT2D eigenvalue weighted by atomic mass is 31.2. The molecule has 0 aromatic carbocycles. The first kappa shape index (κ1) is 92.5. The first-order chi connectivity index (χ1) is 46.7. The van der Waals surface area contributed by atoms with E-state index in [9.17, 15) is 43.2 Å². The van der Waals surface area contributed by atoms with Crippen LogP contribution in [0, 0.1) is 0 Å². The fourth-order valence-electron chi connectivity index (χ4n) is 10.4. The quantitative estimate of drug-likeness (QED) is 0.0169. The molecule has 0 saturated carbocycles. The first-order valence-corrected chi connectivity index (χ1v) is 41.2. The van der Waals surface area contributed by atoms with Gasteiger partial charge >= 0.3 is 39.5 Å². The SMILES string of the molecule is CC/C=C\C/C=C\C/C=C\C/C=C\C/C=C\CC(=O)OCC(COP(=O)(O)OCC(O)COP(=O)(O)OCC(COC(=O)CCCCCCC/C=C\CCCCCC)OC(=O)CCCCCCCCCCCCCCC)OC(=O)CCCCCCCCCCCCCCCCC. The van der Waals surface area contributed by atoms with Gasteiger partial charge in [0.15, 0.2) is 12.2 Å². The normalized spacial score (nSPS) is 14.4. The molecule has 96 heavy (non-hydrogen) atoms. The number of allylic oxidation sites excluding steroid dienone is 11. The Balaban J connectivity index is 5.38. The van der Waals surface area contributed by atoms with Gasteiger partial charge in [0, 0.05) is 19.3 Å². The zero-order valence-electron chi connectivity index (χ0n) is 60.8. The van der Waals surface area contributed by atoms with Gasteiger partial charge in [-0.05, 0) is 77.0 Å². The molecule has 0 aliphatic rings. The molecular weight excluding hydrogens is 1260 g/mol. The summed E-state index contributed by atoms with van der Waals surface area (Å²) in [5, 5.41) is 10.6. The number of rotatable bonds is 72. The average molecular weight is 1400 g/mol. The summed E-state index contributed by atoms with van der Waals surface area (Å²) in [6, 6.07) is 0. The molecular formula is C77H138O17P2. The van der Waals surface area contributed by atoms with E-state index in [-0.39, 0.29) is 25.7 Å². The lowest BCUT2D eigenvalue weighted by atomic mass is 10.0. The van der Waals surface area contributed by atoms with Crippen LogP contribution in [0.5, 0.6) is 0 Å². The summed E-state index contributed by atoms with van der Waals surface area (Å²) in [6.07, 6.45) is 69.2. The Morgan fingerprint density at radius 2 is 0.583 bits per heavy atom. The lowest BCUT2D eigenvalue weighted by Crippen LogP contribution is -2.30. The van der Waals surface area contributed by atoms with E-state index in [2.05, 4.69) is 76.3 Å². The van der Waals surface area contributed by atoms with Crippen molar-refractivity contribution >= 4 is 39.5 Å². The molecule has 19 heteroatoms. The summed E-state index contributed by atoms with van der Waals surface area (Å²) in [6.45, 7) is 4.67. The maximum atomic E-state index is 13.1. The minimum absolute atomic E-state index is 0.0666. The highest BCUT2D eigenvalue weighted by Crippen LogP contribution is 2.45. The van der Waals surface area contributed by atoms with Crippen molar-refractivity contribution in [3.8, 4) is 0 Å². The van der Waals surface area contributed by atoms with Gasteiger partial charge in [-0.1, -0.05) is 306 Å². The Kier molecular flexibility index (Phi) is 67.4.